The van der Waals surface area contributed by atoms with Gasteiger partial charge in [-0.25, -0.2) is 4.98 Å². The van der Waals surface area contributed by atoms with Crippen LogP contribution in [-0.4, -0.2) is 10.9 Å². The Bertz CT molecular complexity index is 840. The number of nitrogens with zero attached hydrogens (tertiary/aromatic N) is 1. The maximum atomic E-state index is 12.0. The molecule has 0 fully saturated rings. The van der Waals surface area contributed by atoms with Gasteiger partial charge in [0.1, 0.15) is 23.1 Å². The lowest BCUT2D eigenvalue weighted by Crippen LogP contribution is -2.24. The van der Waals surface area contributed by atoms with E-state index in [1.54, 1.807) is 12.3 Å². The van der Waals surface area contributed by atoms with Gasteiger partial charge in [0, 0.05) is 5.38 Å². The minimum atomic E-state index is -0.0799. The Morgan fingerprint density at radius 2 is 2.20 bits per heavy atom. The van der Waals surface area contributed by atoms with Gasteiger partial charge in [0.2, 0.25) is 5.91 Å². The average Bonchev–Trinajstić information content (AvgIpc) is 3.25. The number of rotatable bonds is 7. The molecule has 0 spiro atoms. The lowest BCUT2D eigenvalue weighted by Gasteiger charge is -2.08. The molecule has 0 radical (unpaired) electrons. The third-order valence-corrected chi connectivity index (χ3v) is 4.55. The number of ether oxygens (including phenoxy) is 1. The zero-order valence-electron chi connectivity index (χ0n) is 14.2. The second-order valence-electron chi connectivity index (χ2n) is 5.82. The molecule has 0 saturated carbocycles. The number of benzene rings is 1. The Kier molecular flexibility index (Phi) is 5.50. The molecule has 3 aromatic rings. The molecule has 25 heavy (non-hydrogen) atoms. The standard InChI is InChI=1S/C19H20N2O3S/c1-13-5-6-14(2)17(8-13)24-11-19-21-15(12-25-19)9-18(22)20-10-16-4-3-7-23-16/h3-8,12H,9-11H2,1-2H3,(H,20,22). The summed E-state index contributed by atoms with van der Waals surface area (Å²) in [6.07, 6.45) is 1.84. The van der Waals surface area contributed by atoms with E-state index in [0.29, 0.717) is 13.2 Å². The third-order valence-electron chi connectivity index (χ3n) is 3.68. The molecule has 0 aliphatic rings. The first-order chi connectivity index (χ1) is 12.1. The Balaban J connectivity index is 1.50. The van der Waals surface area contributed by atoms with E-state index >= 15 is 0 Å². The normalized spacial score (nSPS) is 10.6. The molecule has 3 rings (SSSR count). The highest BCUT2D eigenvalue weighted by molar-refractivity contribution is 7.09. The van der Waals surface area contributed by atoms with Gasteiger partial charge in [-0.1, -0.05) is 12.1 Å². The Morgan fingerprint density at radius 1 is 1.32 bits per heavy atom. The van der Waals surface area contributed by atoms with Crippen LogP contribution in [0.2, 0.25) is 0 Å². The fraction of sp³-hybridized carbons (Fsp3) is 0.263. The number of carbonyl (C=O) groups excluding carboxylic acids is 1. The van der Waals surface area contributed by atoms with E-state index in [9.17, 15) is 4.79 Å². The van der Waals surface area contributed by atoms with Crippen LogP contribution in [0.5, 0.6) is 5.75 Å². The molecule has 6 heteroatoms. The summed E-state index contributed by atoms with van der Waals surface area (Å²) in [5.74, 6) is 1.52. The summed E-state index contributed by atoms with van der Waals surface area (Å²) in [5.41, 5.74) is 3.01. The summed E-state index contributed by atoms with van der Waals surface area (Å²) in [5, 5.41) is 5.57. The van der Waals surface area contributed by atoms with Gasteiger partial charge in [-0.3, -0.25) is 4.79 Å². The lowest BCUT2D eigenvalue weighted by atomic mass is 10.1. The first-order valence-corrected chi connectivity index (χ1v) is 8.90. The van der Waals surface area contributed by atoms with Crippen LogP contribution >= 0.6 is 11.3 Å². The molecule has 0 aliphatic heterocycles. The second kappa shape index (κ2) is 7.98. The average molecular weight is 356 g/mol. The monoisotopic (exact) mass is 356 g/mol. The minimum absolute atomic E-state index is 0.0799. The highest BCUT2D eigenvalue weighted by Gasteiger charge is 2.09. The van der Waals surface area contributed by atoms with Crippen molar-refractivity contribution in [2.24, 2.45) is 0 Å². The fourth-order valence-electron chi connectivity index (χ4n) is 2.32. The molecule has 0 unspecified atom stereocenters. The van der Waals surface area contributed by atoms with Crippen LogP contribution in [0.15, 0.2) is 46.4 Å². The van der Waals surface area contributed by atoms with E-state index in [4.69, 9.17) is 9.15 Å². The molecule has 1 N–H and O–H groups in total. The molecule has 0 saturated heterocycles. The van der Waals surface area contributed by atoms with E-state index in [0.717, 1.165) is 33.3 Å². The van der Waals surface area contributed by atoms with Crippen molar-refractivity contribution in [3.8, 4) is 5.75 Å². The largest absolute Gasteiger partial charge is 0.486 e. The maximum absolute atomic E-state index is 12.0. The lowest BCUT2D eigenvalue weighted by molar-refractivity contribution is -0.120. The molecular formula is C19H20N2O3S. The summed E-state index contributed by atoms with van der Waals surface area (Å²) in [7, 11) is 0. The topological polar surface area (TPSA) is 64.4 Å². The molecule has 0 bridgehead atoms. The number of carbonyl (C=O) groups is 1. The van der Waals surface area contributed by atoms with Gasteiger partial charge < -0.3 is 14.5 Å². The Labute approximate surface area is 150 Å². The predicted molar refractivity (Wildman–Crippen MR) is 96.6 cm³/mol. The number of hydrogen-bond donors (Lipinski definition) is 1. The van der Waals surface area contributed by atoms with E-state index in [-0.39, 0.29) is 12.3 Å². The van der Waals surface area contributed by atoms with E-state index < -0.39 is 0 Å². The van der Waals surface area contributed by atoms with Crippen molar-refractivity contribution in [3.05, 3.63) is 69.6 Å². The van der Waals surface area contributed by atoms with Crippen LogP contribution in [0.25, 0.3) is 0 Å². The first-order valence-electron chi connectivity index (χ1n) is 8.02. The van der Waals surface area contributed by atoms with Crippen molar-refractivity contribution in [2.75, 3.05) is 0 Å². The van der Waals surface area contributed by atoms with Gasteiger partial charge in [-0.05, 0) is 43.2 Å². The SMILES string of the molecule is Cc1ccc(C)c(OCc2nc(CC(=O)NCc3ccco3)cs2)c1. The summed E-state index contributed by atoms with van der Waals surface area (Å²) in [6, 6.07) is 9.74. The highest BCUT2D eigenvalue weighted by Crippen LogP contribution is 2.21. The molecule has 2 heterocycles. The quantitative estimate of drug-likeness (QED) is 0.699. The number of amides is 1. The van der Waals surface area contributed by atoms with Gasteiger partial charge in [0.25, 0.3) is 0 Å². The second-order valence-corrected chi connectivity index (χ2v) is 6.77. The smallest absolute Gasteiger partial charge is 0.226 e. The van der Waals surface area contributed by atoms with Crippen molar-refractivity contribution in [3.63, 3.8) is 0 Å². The zero-order valence-corrected chi connectivity index (χ0v) is 15.1. The van der Waals surface area contributed by atoms with Gasteiger partial charge in [-0.2, -0.15) is 0 Å². The van der Waals surface area contributed by atoms with Crippen molar-refractivity contribution in [1.82, 2.24) is 10.3 Å². The number of furan rings is 1. The summed E-state index contributed by atoms with van der Waals surface area (Å²) < 4.78 is 11.0. The first kappa shape index (κ1) is 17.2. The van der Waals surface area contributed by atoms with Crippen molar-refractivity contribution in [2.45, 2.75) is 33.4 Å². The molecule has 1 amide bonds. The molecule has 0 aliphatic carbocycles. The predicted octanol–water partition coefficient (Wildman–Crippen LogP) is 3.79. The third kappa shape index (κ3) is 4.93. The van der Waals surface area contributed by atoms with Crippen molar-refractivity contribution >= 4 is 17.2 Å². The van der Waals surface area contributed by atoms with Crippen LogP contribution in [0.4, 0.5) is 0 Å². The van der Waals surface area contributed by atoms with Gasteiger partial charge in [-0.15, -0.1) is 11.3 Å². The highest BCUT2D eigenvalue weighted by atomic mass is 32.1. The van der Waals surface area contributed by atoms with Crippen LogP contribution in [-0.2, 0) is 24.4 Å². The van der Waals surface area contributed by atoms with Gasteiger partial charge >= 0.3 is 0 Å². The van der Waals surface area contributed by atoms with Crippen LogP contribution in [0.3, 0.4) is 0 Å². The number of aryl methyl sites for hydroxylation is 2. The fourth-order valence-corrected chi connectivity index (χ4v) is 3.03. The van der Waals surface area contributed by atoms with E-state index in [1.165, 1.54) is 11.3 Å². The number of hydrogen-bond acceptors (Lipinski definition) is 5. The summed E-state index contributed by atoms with van der Waals surface area (Å²) >= 11 is 1.50. The van der Waals surface area contributed by atoms with Crippen molar-refractivity contribution in [1.29, 1.82) is 0 Å². The van der Waals surface area contributed by atoms with E-state index in [2.05, 4.69) is 16.4 Å². The number of thiazole rings is 1. The molecule has 1 aromatic carbocycles. The maximum Gasteiger partial charge on any atom is 0.226 e. The molecule has 2 aromatic heterocycles. The summed E-state index contributed by atoms with van der Waals surface area (Å²) in [6.45, 7) is 4.85. The number of aromatic nitrogens is 1. The molecule has 0 atom stereocenters. The van der Waals surface area contributed by atoms with Crippen LogP contribution < -0.4 is 10.1 Å². The molecule has 130 valence electrons. The Hall–Kier alpha value is -2.60. The van der Waals surface area contributed by atoms with Gasteiger partial charge in [0.15, 0.2) is 0 Å². The zero-order chi connectivity index (χ0) is 17.6. The van der Waals surface area contributed by atoms with Crippen molar-refractivity contribution < 1.29 is 13.9 Å². The minimum Gasteiger partial charge on any atom is -0.486 e. The van der Waals surface area contributed by atoms with E-state index in [1.807, 2.05) is 37.4 Å². The van der Waals surface area contributed by atoms with Crippen LogP contribution in [0, 0.1) is 13.8 Å². The Morgan fingerprint density at radius 3 is 3.00 bits per heavy atom. The van der Waals surface area contributed by atoms with Crippen LogP contribution in [0.1, 0.15) is 27.6 Å². The molecule has 5 nitrogen and oxygen atoms in total. The number of nitrogens with one attached hydrogen (secondary N) is 1. The van der Waals surface area contributed by atoms with Gasteiger partial charge in [0.05, 0.1) is 24.9 Å². The summed E-state index contributed by atoms with van der Waals surface area (Å²) in [4.78, 5) is 16.4. The molecular weight excluding hydrogens is 336 g/mol.